The van der Waals surface area contributed by atoms with E-state index in [1.807, 2.05) is 13.8 Å². The quantitative estimate of drug-likeness (QED) is 0.547. The first kappa shape index (κ1) is 18.9. The second-order valence-corrected chi connectivity index (χ2v) is 6.34. The second kappa shape index (κ2) is 9.10. The number of amides is 1. The van der Waals surface area contributed by atoms with Crippen LogP contribution in [0.4, 0.5) is 0 Å². The molecule has 1 unspecified atom stereocenters. The number of nitrogens with two attached hydrogens (primary N) is 1. The molecular formula is C16H31N3O3. The van der Waals surface area contributed by atoms with Crippen molar-refractivity contribution in [3.8, 4) is 0 Å². The minimum atomic E-state index is -0.510. The first-order chi connectivity index (χ1) is 10.4. The maximum Gasteiger partial charge on any atom is 0.328 e. The summed E-state index contributed by atoms with van der Waals surface area (Å²) in [4.78, 5) is 24.0. The minimum absolute atomic E-state index is 0.0146. The van der Waals surface area contributed by atoms with Crippen LogP contribution in [0.15, 0.2) is 0 Å². The van der Waals surface area contributed by atoms with Gasteiger partial charge in [-0.05, 0) is 11.8 Å². The van der Waals surface area contributed by atoms with Crippen LogP contribution in [0.25, 0.3) is 0 Å². The zero-order chi connectivity index (χ0) is 16.7. The van der Waals surface area contributed by atoms with Gasteiger partial charge in [0.15, 0.2) is 0 Å². The SMILES string of the molecule is CCC(C)[C@H](N)CN[C@H](C(=O)N[C@H]1CCOC1=O)[C@@H](C)CC. The maximum absolute atomic E-state index is 12.5. The molecule has 1 heterocycles. The minimum Gasteiger partial charge on any atom is -0.464 e. The fourth-order valence-electron chi connectivity index (χ4n) is 2.44. The summed E-state index contributed by atoms with van der Waals surface area (Å²) in [7, 11) is 0. The molecule has 6 heteroatoms. The molecular weight excluding hydrogens is 282 g/mol. The molecule has 1 rings (SSSR count). The number of carbonyl (C=O) groups is 2. The predicted molar refractivity (Wildman–Crippen MR) is 86.2 cm³/mol. The monoisotopic (exact) mass is 313 g/mol. The van der Waals surface area contributed by atoms with Crippen LogP contribution < -0.4 is 16.4 Å². The summed E-state index contributed by atoms with van der Waals surface area (Å²) in [5.74, 6) is 0.0848. The molecule has 0 saturated carbocycles. The fourth-order valence-corrected chi connectivity index (χ4v) is 2.44. The molecule has 0 spiro atoms. The highest BCUT2D eigenvalue weighted by atomic mass is 16.5. The molecule has 0 aromatic rings. The third-order valence-corrected chi connectivity index (χ3v) is 4.70. The van der Waals surface area contributed by atoms with Gasteiger partial charge in [-0.15, -0.1) is 0 Å². The molecule has 0 aromatic carbocycles. The van der Waals surface area contributed by atoms with E-state index in [0.29, 0.717) is 25.5 Å². The zero-order valence-electron chi connectivity index (χ0n) is 14.2. The summed E-state index contributed by atoms with van der Waals surface area (Å²) in [6.45, 7) is 9.26. The lowest BCUT2D eigenvalue weighted by Crippen LogP contribution is -2.54. The Morgan fingerprint density at radius 1 is 1.32 bits per heavy atom. The Labute approximate surface area is 133 Å². The van der Waals surface area contributed by atoms with Crippen molar-refractivity contribution in [3.05, 3.63) is 0 Å². The van der Waals surface area contributed by atoms with Crippen LogP contribution in [0, 0.1) is 11.8 Å². The number of esters is 1. The zero-order valence-corrected chi connectivity index (χ0v) is 14.2. The first-order valence-electron chi connectivity index (χ1n) is 8.36. The maximum atomic E-state index is 12.5. The van der Waals surface area contributed by atoms with Crippen LogP contribution in [-0.4, -0.2) is 43.2 Å². The van der Waals surface area contributed by atoms with Gasteiger partial charge in [0.1, 0.15) is 6.04 Å². The summed E-state index contributed by atoms with van der Waals surface area (Å²) in [6, 6.07) is -0.835. The van der Waals surface area contributed by atoms with Crippen LogP contribution in [0.2, 0.25) is 0 Å². The third-order valence-electron chi connectivity index (χ3n) is 4.70. The van der Waals surface area contributed by atoms with Crippen molar-refractivity contribution in [3.63, 3.8) is 0 Å². The highest BCUT2D eigenvalue weighted by molar-refractivity contribution is 5.88. The summed E-state index contributed by atoms with van der Waals surface area (Å²) >= 11 is 0. The van der Waals surface area contributed by atoms with E-state index in [1.54, 1.807) is 0 Å². The second-order valence-electron chi connectivity index (χ2n) is 6.34. The van der Waals surface area contributed by atoms with Gasteiger partial charge < -0.3 is 21.1 Å². The summed E-state index contributed by atoms with van der Waals surface area (Å²) in [5.41, 5.74) is 6.14. The molecule has 0 radical (unpaired) electrons. The topological polar surface area (TPSA) is 93.4 Å². The van der Waals surface area contributed by atoms with Crippen LogP contribution >= 0.6 is 0 Å². The van der Waals surface area contributed by atoms with Crippen molar-refractivity contribution < 1.29 is 14.3 Å². The Kier molecular flexibility index (Phi) is 7.82. The number of cyclic esters (lactones) is 1. The highest BCUT2D eigenvalue weighted by Gasteiger charge is 2.32. The molecule has 0 bridgehead atoms. The van der Waals surface area contributed by atoms with Crippen molar-refractivity contribution >= 4 is 11.9 Å². The van der Waals surface area contributed by atoms with Gasteiger partial charge in [-0.1, -0.05) is 40.5 Å². The van der Waals surface area contributed by atoms with E-state index in [2.05, 4.69) is 24.5 Å². The molecule has 128 valence electrons. The number of carbonyl (C=O) groups excluding carboxylic acids is 2. The molecule has 1 amide bonds. The smallest absolute Gasteiger partial charge is 0.328 e. The molecule has 1 aliphatic rings. The Hall–Kier alpha value is -1.14. The van der Waals surface area contributed by atoms with Gasteiger partial charge in [0.25, 0.3) is 0 Å². The van der Waals surface area contributed by atoms with Gasteiger partial charge in [-0.3, -0.25) is 4.79 Å². The predicted octanol–water partition coefficient (Wildman–Crippen LogP) is 0.796. The van der Waals surface area contributed by atoms with E-state index in [1.165, 1.54) is 0 Å². The van der Waals surface area contributed by atoms with Gasteiger partial charge in [0, 0.05) is 19.0 Å². The molecule has 0 aromatic heterocycles. The summed E-state index contributed by atoms with van der Waals surface area (Å²) < 4.78 is 4.88. The summed E-state index contributed by atoms with van der Waals surface area (Å²) in [5, 5.41) is 6.08. The standard InChI is InChI=1S/C16H31N3O3/c1-5-10(3)12(17)9-18-14(11(4)6-2)15(20)19-13-7-8-22-16(13)21/h10-14,18H,5-9,17H2,1-4H3,(H,19,20)/t10?,11-,12+,13-,14-/m0/s1. The lowest BCUT2D eigenvalue weighted by molar-refractivity contribution is -0.141. The van der Waals surface area contributed by atoms with Gasteiger partial charge in [-0.2, -0.15) is 0 Å². The number of hydrogen-bond acceptors (Lipinski definition) is 5. The fraction of sp³-hybridized carbons (Fsp3) is 0.875. The van der Waals surface area contributed by atoms with E-state index >= 15 is 0 Å². The summed E-state index contributed by atoms with van der Waals surface area (Å²) in [6.07, 6.45) is 2.43. The Bertz CT molecular complexity index is 376. The van der Waals surface area contributed by atoms with Gasteiger partial charge in [-0.25, -0.2) is 4.79 Å². The number of nitrogens with one attached hydrogen (secondary N) is 2. The Balaban J connectivity index is 2.59. The first-order valence-corrected chi connectivity index (χ1v) is 8.36. The highest BCUT2D eigenvalue weighted by Crippen LogP contribution is 2.12. The number of ether oxygens (including phenoxy) is 1. The number of rotatable bonds is 9. The Morgan fingerprint density at radius 2 is 1.95 bits per heavy atom. The Morgan fingerprint density at radius 3 is 2.45 bits per heavy atom. The largest absolute Gasteiger partial charge is 0.464 e. The van der Waals surface area contributed by atoms with E-state index < -0.39 is 6.04 Å². The van der Waals surface area contributed by atoms with E-state index in [9.17, 15) is 9.59 Å². The van der Waals surface area contributed by atoms with Crippen molar-refractivity contribution in [2.24, 2.45) is 17.6 Å². The van der Waals surface area contributed by atoms with Crippen LogP contribution in [0.5, 0.6) is 0 Å². The van der Waals surface area contributed by atoms with Crippen LogP contribution in [0.3, 0.4) is 0 Å². The van der Waals surface area contributed by atoms with Crippen molar-refractivity contribution in [1.29, 1.82) is 0 Å². The average molecular weight is 313 g/mol. The van der Waals surface area contributed by atoms with Gasteiger partial charge >= 0.3 is 5.97 Å². The van der Waals surface area contributed by atoms with Gasteiger partial charge in [0.2, 0.25) is 5.91 Å². The molecule has 4 N–H and O–H groups in total. The average Bonchev–Trinajstić information content (AvgIpc) is 2.91. The molecule has 6 nitrogen and oxygen atoms in total. The van der Waals surface area contributed by atoms with E-state index in [4.69, 9.17) is 10.5 Å². The van der Waals surface area contributed by atoms with Crippen LogP contribution in [-0.2, 0) is 14.3 Å². The lowest BCUT2D eigenvalue weighted by Gasteiger charge is -2.27. The molecule has 1 saturated heterocycles. The molecule has 22 heavy (non-hydrogen) atoms. The normalized spacial score (nSPS) is 23.5. The van der Waals surface area contributed by atoms with Crippen molar-refractivity contribution in [2.75, 3.05) is 13.2 Å². The van der Waals surface area contributed by atoms with Crippen molar-refractivity contribution in [1.82, 2.24) is 10.6 Å². The van der Waals surface area contributed by atoms with Crippen molar-refractivity contribution in [2.45, 2.75) is 65.1 Å². The molecule has 5 atom stereocenters. The molecule has 1 aliphatic heterocycles. The molecule has 0 aliphatic carbocycles. The lowest BCUT2D eigenvalue weighted by atomic mass is 9.95. The number of hydrogen-bond donors (Lipinski definition) is 3. The van der Waals surface area contributed by atoms with E-state index in [0.717, 1.165) is 12.8 Å². The third kappa shape index (κ3) is 5.25. The van der Waals surface area contributed by atoms with Crippen LogP contribution in [0.1, 0.15) is 47.0 Å². The van der Waals surface area contributed by atoms with Gasteiger partial charge in [0.05, 0.1) is 12.6 Å². The molecule has 1 fully saturated rings. The van der Waals surface area contributed by atoms with E-state index in [-0.39, 0.29) is 29.9 Å².